The third kappa shape index (κ3) is 3.65. The zero-order valence-electron chi connectivity index (χ0n) is 16.6. The van der Waals surface area contributed by atoms with Crippen molar-refractivity contribution < 1.29 is 14.0 Å². The Labute approximate surface area is 168 Å². The van der Waals surface area contributed by atoms with Crippen molar-refractivity contribution in [2.24, 2.45) is 5.92 Å². The molecule has 0 radical (unpaired) electrons. The highest BCUT2D eigenvalue weighted by Gasteiger charge is 2.47. The molecular formula is C23H33ClNO2+. The Kier molecular flexibility index (Phi) is 5.53. The van der Waals surface area contributed by atoms with Crippen molar-refractivity contribution in [2.75, 3.05) is 26.7 Å². The van der Waals surface area contributed by atoms with E-state index in [1.807, 2.05) is 24.3 Å². The number of nitrogens with zero attached hydrogens (tertiary/aromatic N) is 1. The number of halogens is 1. The summed E-state index contributed by atoms with van der Waals surface area (Å²) in [6, 6.07) is 8.51. The van der Waals surface area contributed by atoms with Crippen LogP contribution >= 0.6 is 11.6 Å². The summed E-state index contributed by atoms with van der Waals surface area (Å²) in [5.41, 5.74) is 0.626. The van der Waals surface area contributed by atoms with E-state index in [9.17, 15) is 4.79 Å². The number of quaternary nitrogens is 1. The van der Waals surface area contributed by atoms with Gasteiger partial charge in [-0.25, -0.2) is 0 Å². The minimum Gasteiger partial charge on any atom is -0.464 e. The van der Waals surface area contributed by atoms with E-state index in [1.54, 1.807) is 0 Å². The van der Waals surface area contributed by atoms with Crippen LogP contribution in [0, 0.1) is 5.92 Å². The third-order valence-electron chi connectivity index (χ3n) is 7.68. The van der Waals surface area contributed by atoms with Gasteiger partial charge in [0.05, 0.1) is 38.2 Å². The molecule has 1 aliphatic carbocycles. The van der Waals surface area contributed by atoms with Gasteiger partial charge in [-0.05, 0) is 56.2 Å². The van der Waals surface area contributed by atoms with Crippen LogP contribution in [0.1, 0.15) is 63.4 Å². The molecular weight excluding hydrogens is 358 g/mol. The summed E-state index contributed by atoms with van der Waals surface area (Å²) in [4.78, 5) is 13.3. The predicted octanol–water partition coefficient (Wildman–Crippen LogP) is 5.10. The van der Waals surface area contributed by atoms with E-state index >= 15 is 0 Å². The van der Waals surface area contributed by atoms with Gasteiger partial charge in [-0.15, -0.1) is 0 Å². The van der Waals surface area contributed by atoms with Crippen molar-refractivity contribution in [3.05, 3.63) is 34.9 Å². The van der Waals surface area contributed by atoms with Crippen LogP contribution in [0.2, 0.25) is 5.02 Å². The quantitative estimate of drug-likeness (QED) is 0.527. The molecule has 2 saturated heterocycles. The fourth-order valence-electron chi connectivity index (χ4n) is 6.11. The number of rotatable bonds is 4. The number of benzene rings is 1. The van der Waals surface area contributed by atoms with Crippen molar-refractivity contribution >= 4 is 17.6 Å². The molecule has 0 amide bonds. The monoisotopic (exact) mass is 390 g/mol. The second kappa shape index (κ2) is 7.75. The lowest BCUT2D eigenvalue weighted by Crippen LogP contribution is -2.61. The van der Waals surface area contributed by atoms with Gasteiger partial charge in [0.1, 0.15) is 0 Å². The summed E-state index contributed by atoms with van der Waals surface area (Å²) in [6.45, 7) is 3.19. The topological polar surface area (TPSA) is 26.3 Å². The van der Waals surface area contributed by atoms with Crippen LogP contribution in [-0.4, -0.2) is 43.2 Å². The number of ether oxygens (including phenoxy) is 1. The Morgan fingerprint density at radius 3 is 2.52 bits per heavy atom. The molecule has 3 atom stereocenters. The number of carbonyl (C=O) groups is 1. The smallest absolute Gasteiger partial charge is 0.316 e. The molecule has 2 aliphatic heterocycles. The Balaban J connectivity index is 1.46. The van der Waals surface area contributed by atoms with Crippen molar-refractivity contribution in [3.63, 3.8) is 0 Å². The first-order valence-corrected chi connectivity index (χ1v) is 11.2. The summed E-state index contributed by atoms with van der Waals surface area (Å²) in [5.74, 6) is 0.523. The second-order valence-electron chi connectivity index (χ2n) is 9.29. The molecule has 1 aromatic carbocycles. The van der Waals surface area contributed by atoms with Crippen LogP contribution in [0.4, 0.5) is 0 Å². The number of hydrogen-bond acceptors (Lipinski definition) is 2. The lowest BCUT2D eigenvalue weighted by atomic mass is 9.78. The van der Waals surface area contributed by atoms with E-state index in [0.29, 0.717) is 18.6 Å². The van der Waals surface area contributed by atoms with Gasteiger partial charge in [-0.3, -0.25) is 4.79 Å². The molecule has 3 fully saturated rings. The van der Waals surface area contributed by atoms with Gasteiger partial charge in [0.25, 0.3) is 0 Å². The van der Waals surface area contributed by atoms with Crippen molar-refractivity contribution in [1.82, 2.24) is 0 Å². The highest BCUT2D eigenvalue weighted by atomic mass is 35.5. The minimum atomic E-state index is -0.454. The zero-order valence-corrected chi connectivity index (χ0v) is 17.3. The molecule has 4 rings (SSSR count). The summed E-state index contributed by atoms with van der Waals surface area (Å²) < 4.78 is 7.26. The SMILES string of the molecule is C[N+]12CCCC[C@H]1[C@H](COC(=O)C1(c3ccc(Cl)cc3)CCCC1)CCC2. The van der Waals surface area contributed by atoms with Crippen molar-refractivity contribution in [2.45, 2.75) is 69.2 Å². The molecule has 0 N–H and O–H groups in total. The molecule has 0 aromatic heterocycles. The number of hydrogen-bond donors (Lipinski definition) is 0. The normalized spacial score (nSPS) is 32.7. The lowest BCUT2D eigenvalue weighted by molar-refractivity contribution is -0.947. The van der Waals surface area contributed by atoms with Crippen LogP contribution in [0.5, 0.6) is 0 Å². The van der Waals surface area contributed by atoms with Crippen molar-refractivity contribution in [3.8, 4) is 0 Å². The maximum Gasteiger partial charge on any atom is 0.316 e. The van der Waals surface area contributed by atoms with Gasteiger partial charge in [0, 0.05) is 17.4 Å². The van der Waals surface area contributed by atoms with E-state index in [0.717, 1.165) is 36.3 Å². The van der Waals surface area contributed by atoms with Crippen molar-refractivity contribution in [1.29, 1.82) is 0 Å². The van der Waals surface area contributed by atoms with Gasteiger partial charge in [0.15, 0.2) is 0 Å². The van der Waals surface area contributed by atoms with E-state index < -0.39 is 5.41 Å². The molecule has 1 unspecified atom stereocenters. The lowest BCUT2D eigenvalue weighted by Gasteiger charge is -2.51. The standard InChI is InChI=1S/C23H33ClNO2/c1-25-15-5-2-8-21(25)18(7-6-16-25)17-27-22(26)23(13-3-4-14-23)19-9-11-20(24)12-10-19/h9-12,18,21H,2-8,13-17H2,1H3/q+1/t18-,21-,25?/m0/s1. The third-order valence-corrected chi connectivity index (χ3v) is 7.93. The van der Waals surface area contributed by atoms with E-state index in [2.05, 4.69) is 7.05 Å². The maximum atomic E-state index is 13.3. The highest BCUT2D eigenvalue weighted by molar-refractivity contribution is 6.30. The molecule has 1 aromatic rings. The second-order valence-corrected chi connectivity index (χ2v) is 9.72. The first-order valence-electron chi connectivity index (χ1n) is 10.8. The number of piperidine rings is 2. The number of fused-ring (bicyclic) bond motifs is 1. The molecule has 1 saturated carbocycles. The molecule has 148 valence electrons. The Bertz CT molecular complexity index is 663. The molecule has 0 bridgehead atoms. The van der Waals surface area contributed by atoms with Gasteiger partial charge in [-0.1, -0.05) is 36.6 Å². The van der Waals surface area contributed by atoms with E-state index in [1.165, 1.54) is 49.7 Å². The van der Waals surface area contributed by atoms with Crippen LogP contribution in [0.25, 0.3) is 0 Å². The maximum absolute atomic E-state index is 13.3. The largest absolute Gasteiger partial charge is 0.464 e. The fourth-order valence-corrected chi connectivity index (χ4v) is 6.23. The summed E-state index contributed by atoms with van der Waals surface area (Å²) in [6.07, 6.45) is 10.4. The van der Waals surface area contributed by atoms with Gasteiger partial charge >= 0.3 is 5.97 Å². The zero-order chi connectivity index (χ0) is 18.9. The Morgan fingerprint density at radius 2 is 1.78 bits per heavy atom. The van der Waals surface area contributed by atoms with Gasteiger partial charge in [-0.2, -0.15) is 0 Å². The molecule has 4 heteroatoms. The van der Waals surface area contributed by atoms with Crippen LogP contribution in [0.3, 0.4) is 0 Å². The first kappa shape index (κ1) is 19.3. The fraction of sp³-hybridized carbons (Fsp3) is 0.696. The highest BCUT2D eigenvalue weighted by Crippen LogP contribution is 2.43. The van der Waals surface area contributed by atoms with Crippen LogP contribution in [-0.2, 0) is 14.9 Å². The van der Waals surface area contributed by atoms with Crippen LogP contribution < -0.4 is 0 Å². The molecule has 0 spiro atoms. The minimum absolute atomic E-state index is 0.00194. The Hall–Kier alpha value is -1.06. The molecule has 3 nitrogen and oxygen atoms in total. The molecule has 27 heavy (non-hydrogen) atoms. The number of esters is 1. The van der Waals surface area contributed by atoms with Gasteiger partial charge in [0.2, 0.25) is 0 Å². The van der Waals surface area contributed by atoms with Crippen LogP contribution in [0.15, 0.2) is 24.3 Å². The Morgan fingerprint density at radius 1 is 1.07 bits per heavy atom. The predicted molar refractivity (Wildman–Crippen MR) is 109 cm³/mol. The van der Waals surface area contributed by atoms with E-state index in [4.69, 9.17) is 16.3 Å². The summed E-state index contributed by atoms with van der Waals surface area (Å²) >= 11 is 6.07. The summed E-state index contributed by atoms with van der Waals surface area (Å²) in [5, 5.41) is 0.719. The number of carbonyl (C=O) groups excluding carboxylic acids is 1. The molecule has 2 heterocycles. The first-order chi connectivity index (χ1) is 13.0. The van der Waals surface area contributed by atoms with Gasteiger partial charge < -0.3 is 9.22 Å². The average molecular weight is 391 g/mol. The summed E-state index contributed by atoms with van der Waals surface area (Å²) in [7, 11) is 2.42. The van der Waals surface area contributed by atoms with E-state index in [-0.39, 0.29) is 5.97 Å². The average Bonchev–Trinajstić information content (AvgIpc) is 3.17. The molecule has 3 aliphatic rings.